The molecule has 0 radical (unpaired) electrons. The van der Waals surface area contributed by atoms with Crippen LogP contribution in [0, 0.1) is 0 Å². The number of carbonyl (C=O) groups is 1. The highest BCUT2D eigenvalue weighted by Crippen LogP contribution is 2.17. The van der Waals surface area contributed by atoms with Crippen LogP contribution in [0.2, 0.25) is 0 Å². The van der Waals surface area contributed by atoms with Gasteiger partial charge in [-0.25, -0.2) is 14.8 Å². The fourth-order valence-electron chi connectivity index (χ4n) is 1.93. The van der Waals surface area contributed by atoms with Crippen LogP contribution in [0.25, 0.3) is 0 Å². The third kappa shape index (κ3) is 3.06. The first kappa shape index (κ1) is 12.1. The van der Waals surface area contributed by atoms with E-state index in [0.717, 1.165) is 12.8 Å². The van der Waals surface area contributed by atoms with E-state index in [4.69, 9.17) is 5.11 Å². The number of amides is 1. The summed E-state index contributed by atoms with van der Waals surface area (Å²) in [5, 5.41) is 12.1. The van der Waals surface area contributed by atoms with Crippen molar-refractivity contribution >= 4 is 27.8 Å². The van der Waals surface area contributed by atoms with E-state index in [2.05, 4.69) is 31.2 Å². The molecule has 2 N–H and O–H groups in total. The molecule has 1 amide bonds. The molecule has 0 spiro atoms. The lowest BCUT2D eigenvalue weighted by molar-refractivity contribution is 0.142. The summed E-state index contributed by atoms with van der Waals surface area (Å²) in [6.07, 6.45) is 4.18. The molecule has 0 aromatic carbocycles. The van der Waals surface area contributed by atoms with Crippen molar-refractivity contribution in [3.8, 4) is 0 Å². The second kappa shape index (κ2) is 5.31. The minimum absolute atomic E-state index is 0.0259. The van der Waals surface area contributed by atoms with Gasteiger partial charge < -0.3 is 15.3 Å². The predicted molar refractivity (Wildman–Crippen MR) is 66.0 cm³/mol. The summed E-state index contributed by atoms with van der Waals surface area (Å²) in [7, 11) is 0. The van der Waals surface area contributed by atoms with Crippen molar-refractivity contribution < 1.29 is 9.90 Å². The van der Waals surface area contributed by atoms with E-state index < -0.39 is 6.09 Å². The minimum atomic E-state index is -0.851. The molecule has 1 aromatic heterocycles. The Morgan fingerprint density at radius 3 is 3.06 bits per heavy atom. The van der Waals surface area contributed by atoms with Crippen molar-refractivity contribution in [2.75, 3.05) is 18.4 Å². The van der Waals surface area contributed by atoms with E-state index in [1.807, 2.05) is 0 Å². The summed E-state index contributed by atoms with van der Waals surface area (Å²) in [6.45, 7) is 1.19. The van der Waals surface area contributed by atoms with Gasteiger partial charge in [0, 0.05) is 13.1 Å². The predicted octanol–water partition coefficient (Wildman–Crippen LogP) is 1.79. The van der Waals surface area contributed by atoms with Crippen LogP contribution >= 0.6 is 15.9 Å². The Hall–Kier alpha value is -1.37. The van der Waals surface area contributed by atoms with E-state index in [-0.39, 0.29) is 6.04 Å². The van der Waals surface area contributed by atoms with Gasteiger partial charge in [0.25, 0.3) is 0 Å². The molecule has 2 rings (SSSR count). The topological polar surface area (TPSA) is 78.4 Å². The van der Waals surface area contributed by atoms with E-state index in [1.165, 1.54) is 4.90 Å². The quantitative estimate of drug-likeness (QED) is 0.890. The molecule has 2 heterocycles. The molecule has 7 heteroatoms. The summed E-state index contributed by atoms with van der Waals surface area (Å²) in [6, 6.07) is 0.0259. The van der Waals surface area contributed by atoms with E-state index in [9.17, 15) is 4.79 Å². The Morgan fingerprint density at radius 2 is 2.41 bits per heavy atom. The number of carboxylic acid groups (broad SMARTS) is 1. The van der Waals surface area contributed by atoms with Gasteiger partial charge in [0.15, 0.2) is 0 Å². The smallest absolute Gasteiger partial charge is 0.407 e. The molecule has 0 aliphatic carbocycles. The number of aromatic nitrogens is 2. The van der Waals surface area contributed by atoms with Crippen LogP contribution in [0.15, 0.2) is 17.0 Å². The molecule has 0 unspecified atom stereocenters. The molecule has 0 saturated carbocycles. The molecule has 17 heavy (non-hydrogen) atoms. The SMILES string of the molecule is O=C(O)N1CCC[C@H]1CNc1cnc(Br)cn1. The third-order valence-electron chi connectivity index (χ3n) is 2.76. The van der Waals surface area contributed by atoms with Gasteiger partial charge in [-0.2, -0.15) is 0 Å². The number of halogens is 1. The van der Waals surface area contributed by atoms with Gasteiger partial charge in [0.1, 0.15) is 10.4 Å². The summed E-state index contributed by atoms with van der Waals surface area (Å²) in [5.74, 6) is 0.658. The summed E-state index contributed by atoms with van der Waals surface area (Å²) >= 11 is 3.20. The normalized spacial score (nSPS) is 19.4. The van der Waals surface area contributed by atoms with Crippen molar-refractivity contribution in [2.45, 2.75) is 18.9 Å². The van der Waals surface area contributed by atoms with Crippen molar-refractivity contribution in [3.05, 3.63) is 17.0 Å². The van der Waals surface area contributed by atoms with Crippen molar-refractivity contribution in [1.82, 2.24) is 14.9 Å². The molecule has 1 aliphatic heterocycles. The van der Waals surface area contributed by atoms with Crippen LogP contribution < -0.4 is 5.32 Å². The minimum Gasteiger partial charge on any atom is -0.465 e. The molecule has 6 nitrogen and oxygen atoms in total. The highest BCUT2D eigenvalue weighted by Gasteiger charge is 2.27. The summed E-state index contributed by atoms with van der Waals surface area (Å²) < 4.78 is 0.677. The molecule has 92 valence electrons. The van der Waals surface area contributed by atoms with Crippen LogP contribution in [0.4, 0.5) is 10.6 Å². The average Bonchev–Trinajstić information content (AvgIpc) is 2.76. The lowest BCUT2D eigenvalue weighted by Gasteiger charge is -2.21. The number of likely N-dealkylation sites (tertiary alicyclic amines) is 1. The molecular weight excluding hydrogens is 288 g/mol. The second-order valence-electron chi connectivity index (χ2n) is 3.88. The van der Waals surface area contributed by atoms with Crippen LogP contribution in [0.1, 0.15) is 12.8 Å². The first-order valence-electron chi connectivity index (χ1n) is 5.38. The average molecular weight is 301 g/mol. The summed E-state index contributed by atoms with van der Waals surface area (Å²) in [4.78, 5) is 20.6. The molecule has 1 fully saturated rings. The van der Waals surface area contributed by atoms with Gasteiger partial charge in [0.2, 0.25) is 0 Å². The van der Waals surface area contributed by atoms with Gasteiger partial charge in [-0.15, -0.1) is 0 Å². The standard InChI is InChI=1S/C10H13BrN4O2/c11-8-5-14-9(6-12-8)13-4-7-2-1-3-15(7)10(16)17/h5-7H,1-4H2,(H,13,14)(H,16,17)/t7-/m0/s1. The van der Waals surface area contributed by atoms with Crippen LogP contribution in [0.3, 0.4) is 0 Å². The van der Waals surface area contributed by atoms with Gasteiger partial charge in [-0.1, -0.05) is 0 Å². The van der Waals surface area contributed by atoms with Crippen LogP contribution in [-0.4, -0.2) is 45.2 Å². The lowest BCUT2D eigenvalue weighted by atomic mass is 10.2. The van der Waals surface area contributed by atoms with Crippen molar-refractivity contribution in [3.63, 3.8) is 0 Å². The number of nitrogens with one attached hydrogen (secondary N) is 1. The number of nitrogens with zero attached hydrogens (tertiary/aromatic N) is 3. The Labute approximate surface area is 107 Å². The largest absolute Gasteiger partial charge is 0.465 e. The van der Waals surface area contributed by atoms with Crippen molar-refractivity contribution in [1.29, 1.82) is 0 Å². The van der Waals surface area contributed by atoms with E-state index in [0.29, 0.717) is 23.5 Å². The third-order valence-corrected chi connectivity index (χ3v) is 3.17. The molecule has 1 atom stereocenters. The van der Waals surface area contributed by atoms with Gasteiger partial charge >= 0.3 is 6.09 Å². The zero-order valence-corrected chi connectivity index (χ0v) is 10.7. The fraction of sp³-hybridized carbons (Fsp3) is 0.500. The Kier molecular flexibility index (Phi) is 3.78. The van der Waals surface area contributed by atoms with Crippen molar-refractivity contribution in [2.24, 2.45) is 0 Å². The number of hydrogen-bond donors (Lipinski definition) is 2. The maximum atomic E-state index is 10.9. The molecule has 1 aromatic rings. The zero-order valence-electron chi connectivity index (χ0n) is 9.14. The number of hydrogen-bond acceptors (Lipinski definition) is 4. The summed E-state index contributed by atoms with van der Waals surface area (Å²) in [5.41, 5.74) is 0. The van der Waals surface area contributed by atoms with Gasteiger partial charge in [-0.05, 0) is 28.8 Å². The van der Waals surface area contributed by atoms with Gasteiger partial charge in [0.05, 0.1) is 18.4 Å². The Morgan fingerprint density at radius 1 is 1.59 bits per heavy atom. The van der Waals surface area contributed by atoms with E-state index >= 15 is 0 Å². The number of rotatable bonds is 3. The highest BCUT2D eigenvalue weighted by molar-refractivity contribution is 9.10. The van der Waals surface area contributed by atoms with Gasteiger partial charge in [-0.3, -0.25) is 0 Å². The van der Waals surface area contributed by atoms with Crippen LogP contribution in [-0.2, 0) is 0 Å². The van der Waals surface area contributed by atoms with Crippen LogP contribution in [0.5, 0.6) is 0 Å². The first-order valence-corrected chi connectivity index (χ1v) is 6.17. The Balaban J connectivity index is 1.89. The Bertz CT molecular complexity index is 398. The monoisotopic (exact) mass is 300 g/mol. The molecule has 0 bridgehead atoms. The first-order chi connectivity index (χ1) is 8.16. The second-order valence-corrected chi connectivity index (χ2v) is 4.69. The van der Waals surface area contributed by atoms with E-state index in [1.54, 1.807) is 12.4 Å². The fourth-order valence-corrected chi connectivity index (χ4v) is 2.13. The zero-order chi connectivity index (χ0) is 12.3. The highest BCUT2D eigenvalue weighted by atomic mass is 79.9. The maximum Gasteiger partial charge on any atom is 0.407 e. The molecule has 1 aliphatic rings. The maximum absolute atomic E-state index is 10.9. The lowest BCUT2D eigenvalue weighted by Crippen LogP contribution is -2.38. The molecular formula is C10H13BrN4O2. The molecule has 1 saturated heterocycles. The number of anilines is 1.